The van der Waals surface area contributed by atoms with E-state index in [-0.39, 0.29) is 24.3 Å². The van der Waals surface area contributed by atoms with Crippen LogP contribution in [-0.4, -0.2) is 47.2 Å². The predicted octanol–water partition coefficient (Wildman–Crippen LogP) is 2.40. The molecule has 6 nitrogen and oxygen atoms in total. The summed E-state index contributed by atoms with van der Waals surface area (Å²) in [5.41, 5.74) is -0.872. The third kappa shape index (κ3) is 3.46. The summed E-state index contributed by atoms with van der Waals surface area (Å²) in [5, 5.41) is 14.0. The van der Waals surface area contributed by atoms with Crippen LogP contribution in [0.4, 0.5) is 23.2 Å². The number of aromatic nitrogens is 2. The van der Waals surface area contributed by atoms with Gasteiger partial charge in [0.2, 0.25) is 0 Å². The van der Waals surface area contributed by atoms with E-state index in [9.17, 15) is 22.4 Å². The number of alkyl halides is 3. The number of nitrogens with zero attached hydrogens (tertiary/aromatic N) is 4. The number of nitrogens with one attached hydrogen (secondary N) is 1. The van der Waals surface area contributed by atoms with Gasteiger partial charge in [0.05, 0.1) is 17.3 Å². The lowest BCUT2D eigenvalue weighted by Crippen LogP contribution is -2.49. The van der Waals surface area contributed by atoms with Crippen molar-refractivity contribution in [2.45, 2.75) is 6.18 Å². The van der Waals surface area contributed by atoms with Crippen LogP contribution in [0.2, 0.25) is 0 Å². The van der Waals surface area contributed by atoms with Crippen LogP contribution in [0.1, 0.15) is 21.7 Å². The highest BCUT2D eigenvalue weighted by Crippen LogP contribution is 2.28. The molecule has 1 N–H and O–H groups in total. The topological polar surface area (TPSA) is 76.0 Å². The van der Waals surface area contributed by atoms with Crippen molar-refractivity contribution in [3.63, 3.8) is 0 Å². The summed E-state index contributed by atoms with van der Waals surface area (Å²) in [6.45, 7) is 1.05. The van der Waals surface area contributed by atoms with E-state index >= 15 is 0 Å². The monoisotopic (exact) mass is 367 g/mol. The molecule has 2 heterocycles. The molecule has 1 fully saturated rings. The first kappa shape index (κ1) is 17.7. The zero-order valence-corrected chi connectivity index (χ0v) is 13.3. The summed E-state index contributed by atoms with van der Waals surface area (Å²) in [7, 11) is 0. The molecule has 1 saturated heterocycles. The molecule has 0 atom stereocenters. The first-order chi connectivity index (χ1) is 12.3. The number of piperazine rings is 1. The van der Waals surface area contributed by atoms with Crippen LogP contribution in [0, 0.1) is 17.1 Å². The first-order valence-electron chi connectivity index (χ1n) is 7.66. The number of hydrogen-bond donors (Lipinski definition) is 1. The Morgan fingerprint density at radius 3 is 2.42 bits per heavy atom. The molecule has 0 spiro atoms. The Morgan fingerprint density at radius 2 is 1.88 bits per heavy atom. The number of rotatable bonds is 2. The van der Waals surface area contributed by atoms with Crippen molar-refractivity contribution in [2.24, 2.45) is 0 Å². The maximum absolute atomic E-state index is 14.1. The van der Waals surface area contributed by atoms with Gasteiger partial charge in [-0.1, -0.05) is 0 Å². The number of benzene rings is 1. The highest BCUT2D eigenvalue weighted by molar-refractivity contribution is 5.92. The van der Waals surface area contributed by atoms with Gasteiger partial charge < -0.3 is 9.80 Å². The van der Waals surface area contributed by atoms with Crippen LogP contribution in [0.25, 0.3) is 0 Å². The van der Waals surface area contributed by atoms with Crippen molar-refractivity contribution in [1.82, 2.24) is 15.1 Å². The number of halogens is 4. The normalized spacial score (nSPS) is 15.0. The van der Waals surface area contributed by atoms with Crippen molar-refractivity contribution >= 4 is 11.6 Å². The molecular formula is C16H13F4N5O. The Kier molecular flexibility index (Phi) is 4.54. The molecule has 1 aromatic heterocycles. The molecule has 1 amide bonds. The van der Waals surface area contributed by atoms with Gasteiger partial charge in [0.1, 0.15) is 11.5 Å². The maximum atomic E-state index is 14.1. The van der Waals surface area contributed by atoms with E-state index in [0.29, 0.717) is 24.8 Å². The maximum Gasteiger partial charge on any atom is 0.432 e. The highest BCUT2D eigenvalue weighted by Gasteiger charge is 2.34. The molecule has 10 heteroatoms. The molecule has 2 aromatic rings. The van der Waals surface area contributed by atoms with Gasteiger partial charge in [0.15, 0.2) is 5.69 Å². The number of amides is 1. The first-order valence-corrected chi connectivity index (χ1v) is 7.66. The molecular weight excluding hydrogens is 354 g/mol. The van der Waals surface area contributed by atoms with Gasteiger partial charge in [-0.25, -0.2) is 4.39 Å². The number of hydrogen-bond acceptors (Lipinski definition) is 4. The number of anilines is 1. The van der Waals surface area contributed by atoms with Gasteiger partial charge in [-0.3, -0.25) is 9.89 Å². The van der Waals surface area contributed by atoms with Gasteiger partial charge in [0.25, 0.3) is 5.91 Å². The van der Waals surface area contributed by atoms with Crippen molar-refractivity contribution in [1.29, 1.82) is 5.26 Å². The van der Waals surface area contributed by atoms with Crippen molar-refractivity contribution in [2.75, 3.05) is 31.1 Å². The summed E-state index contributed by atoms with van der Waals surface area (Å²) in [6, 6.07) is 6.65. The lowest BCUT2D eigenvalue weighted by atomic mass is 10.1. The van der Waals surface area contributed by atoms with Crippen LogP contribution in [-0.2, 0) is 6.18 Å². The summed E-state index contributed by atoms with van der Waals surface area (Å²) < 4.78 is 51.8. The second kappa shape index (κ2) is 6.67. The van der Waals surface area contributed by atoms with Gasteiger partial charge in [-0.05, 0) is 18.2 Å². The predicted molar refractivity (Wildman–Crippen MR) is 82.8 cm³/mol. The van der Waals surface area contributed by atoms with Gasteiger partial charge >= 0.3 is 6.18 Å². The van der Waals surface area contributed by atoms with Gasteiger partial charge in [0, 0.05) is 32.2 Å². The van der Waals surface area contributed by atoms with Crippen molar-refractivity contribution < 1.29 is 22.4 Å². The summed E-state index contributed by atoms with van der Waals surface area (Å²) in [5.74, 6) is -1.15. The largest absolute Gasteiger partial charge is 0.432 e. The average Bonchev–Trinajstić information content (AvgIpc) is 3.11. The van der Waals surface area contributed by atoms with Crippen molar-refractivity contribution in [3.05, 3.63) is 47.0 Å². The van der Waals surface area contributed by atoms with E-state index in [1.165, 1.54) is 17.0 Å². The van der Waals surface area contributed by atoms with Crippen LogP contribution in [0.5, 0.6) is 0 Å². The quantitative estimate of drug-likeness (QED) is 0.827. The summed E-state index contributed by atoms with van der Waals surface area (Å²) in [4.78, 5) is 15.4. The Morgan fingerprint density at radius 1 is 1.19 bits per heavy atom. The standard InChI is InChI=1S/C16H13F4N5O/c17-11-7-10(9-21)1-2-13(11)24-3-5-25(6-4-24)15(26)12-8-14(23-22-12)16(18,19)20/h1-2,7-8H,3-6H2,(H,22,23). The van der Waals surface area contributed by atoms with E-state index in [1.54, 1.807) is 4.90 Å². The van der Waals surface area contributed by atoms with Gasteiger partial charge in [-0.15, -0.1) is 0 Å². The van der Waals surface area contributed by atoms with E-state index in [4.69, 9.17) is 5.26 Å². The molecule has 0 radical (unpaired) electrons. The van der Waals surface area contributed by atoms with E-state index in [2.05, 4.69) is 5.10 Å². The van der Waals surface area contributed by atoms with Crippen LogP contribution < -0.4 is 4.90 Å². The fourth-order valence-electron chi connectivity index (χ4n) is 2.72. The number of carbonyl (C=O) groups is 1. The van der Waals surface area contributed by atoms with E-state index in [0.717, 1.165) is 6.07 Å². The highest BCUT2D eigenvalue weighted by atomic mass is 19.4. The molecule has 0 bridgehead atoms. The minimum atomic E-state index is -4.60. The molecule has 0 unspecified atom stereocenters. The molecule has 3 rings (SSSR count). The third-order valence-corrected chi connectivity index (χ3v) is 4.09. The Balaban J connectivity index is 1.66. The second-order valence-electron chi connectivity index (χ2n) is 5.72. The van der Waals surface area contributed by atoms with Crippen molar-refractivity contribution in [3.8, 4) is 6.07 Å². The lowest BCUT2D eigenvalue weighted by molar-refractivity contribution is -0.141. The molecule has 0 aliphatic carbocycles. The lowest BCUT2D eigenvalue weighted by Gasteiger charge is -2.35. The smallest absolute Gasteiger partial charge is 0.366 e. The molecule has 1 aliphatic heterocycles. The fraction of sp³-hybridized carbons (Fsp3) is 0.312. The third-order valence-electron chi connectivity index (χ3n) is 4.09. The Hall–Kier alpha value is -3.09. The second-order valence-corrected chi connectivity index (χ2v) is 5.72. The van der Waals surface area contributed by atoms with Gasteiger partial charge in [-0.2, -0.15) is 23.5 Å². The Bertz CT molecular complexity index is 862. The van der Waals surface area contributed by atoms with Crippen LogP contribution in [0.3, 0.4) is 0 Å². The summed E-state index contributed by atoms with van der Waals surface area (Å²) in [6.07, 6.45) is -4.60. The molecule has 26 heavy (non-hydrogen) atoms. The number of H-pyrrole nitrogens is 1. The van der Waals surface area contributed by atoms with E-state index < -0.39 is 23.6 Å². The van der Waals surface area contributed by atoms with Crippen LogP contribution in [0.15, 0.2) is 24.3 Å². The molecule has 0 saturated carbocycles. The van der Waals surface area contributed by atoms with Crippen LogP contribution >= 0.6 is 0 Å². The average molecular weight is 367 g/mol. The fourth-order valence-corrected chi connectivity index (χ4v) is 2.72. The Labute approximate surface area is 145 Å². The number of aromatic amines is 1. The minimum Gasteiger partial charge on any atom is -0.366 e. The molecule has 1 aromatic carbocycles. The SMILES string of the molecule is N#Cc1ccc(N2CCN(C(=O)c3cc(C(F)(F)F)[nH]n3)CC2)c(F)c1. The molecule has 1 aliphatic rings. The number of nitriles is 1. The van der Waals surface area contributed by atoms with E-state index in [1.807, 2.05) is 11.2 Å². The zero-order valence-electron chi connectivity index (χ0n) is 13.3. The number of carbonyl (C=O) groups excluding carboxylic acids is 1. The zero-order chi connectivity index (χ0) is 18.9. The summed E-state index contributed by atoms with van der Waals surface area (Å²) >= 11 is 0. The minimum absolute atomic E-state index is 0.207. The molecule has 136 valence electrons.